The molecule has 4 aliphatic carbocycles. The van der Waals surface area contributed by atoms with Crippen LogP contribution in [-0.4, -0.2) is 24.0 Å². The second kappa shape index (κ2) is 5.34. The molecule has 0 aromatic rings. The normalized spacial score (nSPS) is 50.8. The molecule has 0 aromatic carbocycles. The van der Waals surface area contributed by atoms with Crippen molar-refractivity contribution in [2.45, 2.75) is 71.3 Å². The average molecular weight is 317 g/mol. The second-order valence-corrected chi connectivity index (χ2v) is 8.87. The first-order chi connectivity index (χ1) is 11.0. The van der Waals surface area contributed by atoms with Crippen LogP contribution in [0.5, 0.6) is 0 Å². The summed E-state index contributed by atoms with van der Waals surface area (Å²) in [5.74, 6) is 2.36. The van der Waals surface area contributed by atoms with Gasteiger partial charge in [-0.3, -0.25) is 0 Å². The monoisotopic (exact) mass is 317 g/mol. The van der Waals surface area contributed by atoms with Gasteiger partial charge in [-0.2, -0.15) is 0 Å². The Morgan fingerprint density at radius 3 is 2.65 bits per heavy atom. The zero-order valence-electron chi connectivity index (χ0n) is 14.8. The maximum Gasteiger partial charge on any atom is 0.106 e. The summed E-state index contributed by atoms with van der Waals surface area (Å²) < 4.78 is 0. The van der Waals surface area contributed by atoms with Gasteiger partial charge in [0.05, 0.1) is 11.8 Å². The molecule has 0 radical (unpaired) electrons. The van der Waals surface area contributed by atoms with Crippen molar-refractivity contribution >= 4 is 5.71 Å². The van der Waals surface area contributed by atoms with E-state index in [1.165, 1.54) is 37.8 Å². The Balaban J connectivity index is 1.66. The molecule has 23 heavy (non-hydrogen) atoms. The van der Waals surface area contributed by atoms with Crippen LogP contribution in [0.2, 0.25) is 0 Å². The summed E-state index contributed by atoms with van der Waals surface area (Å²) in [6.45, 7) is 4.92. The summed E-state index contributed by atoms with van der Waals surface area (Å²) in [5, 5.41) is 14.5. The lowest BCUT2D eigenvalue weighted by Gasteiger charge is -2.57. The number of allylic oxidation sites excluding steroid dienone is 1. The summed E-state index contributed by atoms with van der Waals surface area (Å²) in [7, 11) is 1.68. The molecule has 0 heterocycles. The molecule has 6 atom stereocenters. The standard InChI is InChI=1S/C20H31NO2/c1-19-10-8-14(22)12-13(19)4-5-15-16-6-7-18(21-23-3)20(16,2)11-9-17(15)19/h4,14-17,22H,5-12H2,1-3H3/b21-18+/t14-,15?,16?,17?,19?,20-/m0/s1. The zero-order chi connectivity index (χ0) is 16.2. The van der Waals surface area contributed by atoms with E-state index in [0.29, 0.717) is 5.41 Å². The van der Waals surface area contributed by atoms with Crippen LogP contribution >= 0.6 is 0 Å². The maximum absolute atomic E-state index is 10.1. The summed E-state index contributed by atoms with van der Waals surface area (Å²) in [4.78, 5) is 5.14. The van der Waals surface area contributed by atoms with Gasteiger partial charge in [0, 0.05) is 5.41 Å². The fourth-order valence-electron chi connectivity index (χ4n) is 6.69. The molecule has 4 unspecified atom stereocenters. The van der Waals surface area contributed by atoms with Crippen LogP contribution in [0.1, 0.15) is 65.2 Å². The van der Waals surface area contributed by atoms with Crippen molar-refractivity contribution in [3.63, 3.8) is 0 Å². The van der Waals surface area contributed by atoms with Gasteiger partial charge in [-0.05, 0) is 74.5 Å². The summed E-state index contributed by atoms with van der Waals surface area (Å²) >= 11 is 0. The van der Waals surface area contributed by atoms with E-state index in [1.807, 2.05) is 0 Å². The molecular weight excluding hydrogens is 286 g/mol. The number of nitrogens with zero attached hydrogens (tertiary/aromatic N) is 1. The molecular formula is C20H31NO2. The predicted octanol–water partition coefficient (Wildman–Crippen LogP) is 4.31. The predicted molar refractivity (Wildman–Crippen MR) is 92.2 cm³/mol. The lowest BCUT2D eigenvalue weighted by atomic mass is 9.48. The minimum atomic E-state index is -0.105. The molecule has 0 aromatic heterocycles. The Labute approximate surface area is 140 Å². The van der Waals surface area contributed by atoms with E-state index in [2.05, 4.69) is 25.1 Å². The van der Waals surface area contributed by atoms with Gasteiger partial charge in [-0.15, -0.1) is 0 Å². The molecule has 0 amide bonds. The Bertz CT molecular complexity index is 554. The zero-order valence-corrected chi connectivity index (χ0v) is 14.8. The molecule has 3 heteroatoms. The van der Waals surface area contributed by atoms with Crippen molar-refractivity contribution in [3.05, 3.63) is 11.6 Å². The molecule has 1 N–H and O–H groups in total. The third kappa shape index (κ3) is 2.15. The average Bonchev–Trinajstić information content (AvgIpc) is 2.85. The van der Waals surface area contributed by atoms with E-state index in [-0.39, 0.29) is 11.5 Å². The van der Waals surface area contributed by atoms with Crippen LogP contribution in [0.3, 0.4) is 0 Å². The topological polar surface area (TPSA) is 41.8 Å². The summed E-state index contributed by atoms with van der Waals surface area (Å²) in [5.41, 5.74) is 3.46. The van der Waals surface area contributed by atoms with Gasteiger partial charge in [0.15, 0.2) is 0 Å². The number of rotatable bonds is 1. The van der Waals surface area contributed by atoms with Crippen molar-refractivity contribution < 1.29 is 9.94 Å². The first kappa shape index (κ1) is 15.7. The molecule has 3 fully saturated rings. The van der Waals surface area contributed by atoms with Gasteiger partial charge in [-0.1, -0.05) is 30.7 Å². The number of fused-ring (bicyclic) bond motifs is 5. The summed E-state index contributed by atoms with van der Waals surface area (Å²) in [6.07, 6.45) is 11.6. The van der Waals surface area contributed by atoms with E-state index in [9.17, 15) is 5.11 Å². The fourth-order valence-corrected chi connectivity index (χ4v) is 6.69. The van der Waals surface area contributed by atoms with Crippen molar-refractivity contribution in [3.8, 4) is 0 Å². The van der Waals surface area contributed by atoms with Crippen LogP contribution < -0.4 is 0 Å². The number of hydrogen-bond donors (Lipinski definition) is 1. The molecule has 0 aliphatic heterocycles. The van der Waals surface area contributed by atoms with Crippen molar-refractivity contribution in [2.75, 3.05) is 7.11 Å². The van der Waals surface area contributed by atoms with Gasteiger partial charge in [0.1, 0.15) is 7.11 Å². The second-order valence-electron chi connectivity index (χ2n) is 8.87. The highest BCUT2D eigenvalue weighted by Crippen LogP contribution is 2.64. The minimum Gasteiger partial charge on any atom is -0.399 e. The van der Waals surface area contributed by atoms with Crippen LogP contribution in [-0.2, 0) is 4.84 Å². The summed E-state index contributed by atoms with van der Waals surface area (Å²) in [6, 6.07) is 0. The lowest BCUT2D eigenvalue weighted by molar-refractivity contribution is -0.0215. The quantitative estimate of drug-likeness (QED) is 0.578. The third-order valence-electron chi connectivity index (χ3n) is 8.02. The van der Waals surface area contributed by atoms with Crippen molar-refractivity contribution in [1.82, 2.24) is 0 Å². The molecule has 3 nitrogen and oxygen atoms in total. The Morgan fingerprint density at radius 1 is 1.13 bits per heavy atom. The van der Waals surface area contributed by atoms with Crippen LogP contribution in [0, 0.1) is 28.6 Å². The van der Waals surface area contributed by atoms with Gasteiger partial charge in [-0.25, -0.2) is 0 Å². The van der Waals surface area contributed by atoms with Crippen LogP contribution in [0.25, 0.3) is 0 Å². The molecule has 128 valence electrons. The number of aliphatic hydroxyl groups excluding tert-OH is 1. The molecule has 3 saturated carbocycles. The molecule has 0 bridgehead atoms. The van der Waals surface area contributed by atoms with Crippen LogP contribution in [0.4, 0.5) is 0 Å². The largest absolute Gasteiger partial charge is 0.399 e. The van der Waals surface area contributed by atoms with E-state index >= 15 is 0 Å². The fraction of sp³-hybridized carbons (Fsp3) is 0.850. The number of oxime groups is 1. The molecule has 4 aliphatic rings. The SMILES string of the molecule is CO/N=C1\CCC2C3CC=C4C[C@@H](O)CCC4(C)C3CC[C@]12C. The minimum absolute atomic E-state index is 0.105. The number of aliphatic hydroxyl groups is 1. The lowest BCUT2D eigenvalue weighted by Crippen LogP contribution is -2.50. The highest BCUT2D eigenvalue weighted by molar-refractivity contribution is 5.92. The highest BCUT2D eigenvalue weighted by Gasteiger charge is 2.57. The van der Waals surface area contributed by atoms with E-state index in [4.69, 9.17) is 4.84 Å². The smallest absolute Gasteiger partial charge is 0.106 e. The van der Waals surface area contributed by atoms with E-state index in [0.717, 1.165) is 37.0 Å². The molecule has 0 saturated heterocycles. The first-order valence-corrected chi connectivity index (χ1v) is 9.47. The van der Waals surface area contributed by atoms with Crippen LogP contribution in [0.15, 0.2) is 16.8 Å². The first-order valence-electron chi connectivity index (χ1n) is 9.47. The Kier molecular flexibility index (Phi) is 3.64. The molecule has 0 spiro atoms. The van der Waals surface area contributed by atoms with Gasteiger partial charge in [0.2, 0.25) is 0 Å². The number of hydrogen-bond acceptors (Lipinski definition) is 3. The van der Waals surface area contributed by atoms with E-state index in [1.54, 1.807) is 12.7 Å². The van der Waals surface area contributed by atoms with Crippen molar-refractivity contribution in [2.24, 2.45) is 33.7 Å². The third-order valence-corrected chi connectivity index (χ3v) is 8.02. The Hall–Kier alpha value is -0.830. The highest BCUT2D eigenvalue weighted by atomic mass is 16.6. The van der Waals surface area contributed by atoms with Gasteiger partial charge < -0.3 is 9.94 Å². The maximum atomic E-state index is 10.1. The molecule has 4 rings (SSSR count). The van der Waals surface area contributed by atoms with Gasteiger partial charge in [0.25, 0.3) is 0 Å². The van der Waals surface area contributed by atoms with E-state index < -0.39 is 0 Å². The van der Waals surface area contributed by atoms with Crippen molar-refractivity contribution in [1.29, 1.82) is 0 Å². The Morgan fingerprint density at radius 2 is 1.87 bits per heavy atom. The van der Waals surface area contributed by atoms with Gasteiger partial charge >= 0.3 is 0 Å².